The molecule has 4 rings (SSSR count). The number of carbonyl (C=O) groups is 1. The Hall–Kier alpha value is -4.13. The number of anilines is 1. The minimum Gasteiger partial charge on any atom is -0.323 e. The van der Waals surface area contributed by atoms with E-state index in [1.165, 1.54) is 34.4 Å². The van der Waals surface area contributed by atoms with E-state index in [2.05, 4.69) is 9.71 Å². The van der Waals surface area contributed by atoms with Crippen LogP contribution in [0, 0.1) is 10.1 Å². The Morgan fingerprint density at radius 2 is 1.68 bits per heavy atom. The summed E-state index contributed by atoms with van der Waals surface area (Å²) < 4.78 is 30.0. The van der Waals surface area contributed by atoms with Crippen molar-refractivity contribution in [2.45, 2.75) is 37.8 Å². The van der Waals surface area contributed by atoms with Gasteiger partial charge < -0.3 is 4.90 Å². The number of benzene rings is 3. The Kier molecular flexibility index (Phi) is 8.57. The Morgan fingerprint density at radius 1 is 1.02 bits per heavy atom. The van der Waals surface area contributed by atoms with Crippen LogP contribution >= 0.6 is 11.3 Å². The molecular formula is C29H31N5O5S2. The van der Waals surface area contributed by atoms with Gasteiger partial charge >= 0.3 is 6.03 Å². The van der Waals surface area contributed by atoms with Crippen LogP contribution in [0.3, 0.4) is 0 Å². The zero-order valence-corrected chi connectivity index (χ0v) is 25.0. The lowest BCUT2D eigenvalue weighted by Gasteiger charge is -2.26. The highest BCUT2D eigenvalue weighted by Crippen LogP contribution is 2.38. The first-order valence-corrected chi connectivity index (χ1v) is 15.0. The molecule has 1 heterocycles. The molecule has 0 bridgehead atoms. The summed E-state index contributed by atoms with van der Waals surface area (Å²) in [5, 5.41) is 11.6. The fraction of sp³-hybridized carbons (Fsp3) is 0.241. The number of amides is 2. The van der Waals surface area contributed by atoms with Gasteiger partial charge in [-0.2, -0.15) is 0 Å². The number of thiazole rings is 1. The minimum absolute atomic E-state index is 0.00851. The highest BCUT2D eigenvalue weighted by Gasteiger charge is 2.28. The first kappa shape index (κ1) is 29.8. The van der Waals surface area contributed by atoms with Crippen molar-refractivity contribution >= 4 is 38.8 Å². The monoisotopic (exact) mass is 593 g/mol. The Bertz CT molecular complexity index is 1660. The predicted molar refractivity (Wildman–Crippen MR) is 161 cm³/mol. The molecule has 2 amide bonds. The number of carbonyl (C=O) groups excluding carboxylic acids is 1. The zero-order chi connectivity index (χ0) is 29.9. The number of nitro groups is 1. The number of non-ortho nitro benzene ring substituents is 1. The Balaban J connectivity index is 1.71. The van der Waals surface area contributed by atoms with E-state index in [9.17, 15) is 23.3 Å². The summed E-state index contributed by atoms with van der Waals surface area (Å²) in [5.74, 6) is 0. The van der Waals surface area contributed by atoms with Crippen molar-refractivity contribution in [3.05, 3.63) is 94.7 Å². The third-order valence-corrected chi connectivity index (χ3v) is 8.93. The van der Waals surface area contributed by atoms with Crippen LogP contribution in [0.1, 0.15) is 26.3 Å². The van der Waals surface area contributed by atoms with Gasteiger partial charge in [0.15, 0.2) is 0 Å². The van der Waals surface area contributed by atoms with Crippen LogP contribution in [-0.2, 0) is 16.6 Å². The third kappa shape index (κ3) is 7.15. The Morgan fingerprint density at radius 3 is 2.29 bits per heavy atom. The number of hydrogen-bond donors (Lipinski definition) is 1. The number of nitrogens with zero attached hydrogens (tertiary/aromatic N) is 4. The largest absolute Gasteiger partial charge is 0.324 e. The molecule has 4 aromatic rings. The zero-order valence-electron chi connectivity index (χ0n) is 23.4. The molecule has 1 aromatic heterocycles. The molecule has 0 aliphatic rings. The van der Waals surface area contributed by atoms with Gasteiger partial charge in [0.05, 0.1) is 14.7 Å². The highest BCUT2D eigenvalue weighted by molar-refractivity contribution is 7.89. The summed E-state index contributed by atoms with van der Waals surface area (Å²) in [5.41, 5.74) is 1.70. The molecule has 0 aliphatic carbocycles. The molecule has 0 aliphatic heterocycles. The number of urea groups is 1. The highest BCUT2D eigenvalue weighted by atomic mass is 32.2. The van der Waals surface area contributed by atoms with Crippen LogP contribution in [0.5, 0.6) is 0 Å². The third-order valence-electron chi connectivity index (χ3n) is 6.05. The van der Waals surface area contributed by atoms with Crippen LogP contribution in [0.25, 0.3) is 21.0 Å². The van der Waals surface area contributed by atoms with E-state index >= 15 is 0 Å². The second-order valence-corrected chi connectivity index (χ2v) is 13.2. The van der Waals surface area contributed by atoms with Crippen molar-refractivity contribution in [1.82, 2.24) is 14.6 Å². The van der Waals surface area contributed by atoms with Gasteiger partial charge in [-0.1, -0.05) is 36.4 Å². The summed E-state index contributed by atoms with van der Waals surface area (Å²) in [6, 6.07) is 20.1. The number of hydrogen-bond acceptors (Lipinski definition) is 7. The second-order valence-electron chi connectivity index (χ2n) is 10.6. The molecular weight excluding hydrogens is 562 g/mol. The molecule has 1 N–H and O–H groups in total. The first-order valence-electron chi connectivity index (χ1n) is 12.7. The average molecular weight is 594 g/mol. The fourth-order valence-electron chi connectivity index (χ4n) is 4.15. The summed E-state index contributed by atoms with van der Waals surface area (Å²) >= 11 is 1.27. The molecule has 0 saturated carbocycles. The number of nitrogens with one attached hydrogen (secondary N) is 1. The summed E-state index contributed by atoms with van der Waals surface area (Å²) in [4.78, 5) is 31.8. The number of rotatable bonds is 8. The molecule has 0 atom stereocenters. The summed E-state index contributed by atoms with van der Waals surface area (Å²) in [7, 11) is -0.722. The normalized spacial score (nSPS) is 11.7. The molecule has 12 heteroatoms. The van der Waals surface area contributed by atoms with E-state index < -0.39 is 20.5 Å². The number of sulfonamides is 1. The van der Waals surface area contributed by atoms with Gasteiger partial charge in [-0.3, -0.25) is 15.0 Å². The van der Waals surface area contributed by atoms with Crippen molar-refractivity contribution in [1.29, 1.82) is 0 Å². The molecule has 3 aromatic carbocycles. The van der Waals surface area contributed by atoms with E-state index in [0.717, 1.165) is 5.56 Å². The lowest BCUT2D eigenvalue weighted by molar-refractivity contribution is -0.384. The molecule has 0 radical (unpaired) electrons. The van der Waals surface area contributed by atoms with Crippen molar-refractivity contribution in [2.24, 2.45) is 0 Å². The molecule has 0 spiro atoms. The molecule has 10 nitrogen and oxygen atoms in total. The standard InChI is InChI=1S/C29H31N5O5S2/c1-29(2,3)31-41(38,39)26-17-23(33(5)28(35)32(4)19-20-9-7-6-8-10-20)15-16-24(26)25-18-30-27(40-25)21-11-13-22(14-12-21)34(36)37/h6-18,31H,19H2,1-5H3. The van der Waals surface area contributed by atoms with Crippen LogP contribution in [0.2, 0.25) is 0 Å². The summed E-state index contributed by atoms with van der Waals surface area (Å²) in [6.45, 7) is 5.65. The maximum Gasteiger partial charge on any atom is 0.324 e. The van der Waals surface area contributed by atoms with Crippen LogP contribution in [-0.4, -0.2) is 48.9 Å². The SMILES string of the molecule is CN(Cc1ccccc1)C(=O)N(C)c1ccc(-c2cnc(-c3ccc([N+](=O)[O-])cc3)s2)c(S(=O)(=O)NC(C)(C)C)c1. The van der Waals surface area contributed by atoms with Gasteiger partial charge in [0.1, 0.15) is 5.01 Å². The van der Waals surface area contributed by atoms with Crippen LogP contribution in [0.4, 0.5) is 16.2 Å². The molecule has 0 unspecified atom stereocenters. The van der Waals surface area contributed by atoms with Gasteiger partial charge in [-0.05, 0) is 50.6 Å². The average Bonchev–Trinajstić information content (AvgIpc) is 3.41. The topological polar surface area (TPSA) is 126 Å². The molecule has 0 fully saturated rings. The van der Waals surface area contributed by atoms with Crippen molar-refractivity contribution < 1.29 is 18.1 Å². The minimum atomic E-state index is -4.02. The van der Waals surface area contributed by atoms with Crippen molar-refractivity contribution in [3.8, 4) is 21.0 Å². The molecule has 41 heavy (non-hydrogen) atoms. The predicted octanol–water partition coefficient (Wildman–Crippen LogP) is 6.15. The van der Waals surface area contributed by atoms with E-state index in [0.29, 0.717) is 33.2 Å². The van der Waals surface area contributed by atoms with Crippen LogP contribution in [0.15, 0.2) is 83.9 Å². The Labute approximate surface area is 243 Å². The van der Waals surface area contributed by atoms with Crippen LogP contribution < -0.4 is 9.62 Å². The summed E-state index contributed by atoms with van der Waals surface area (Å²) in [6.07, 6.45) is 1.58. The molecule has 0 saturated heterocycles. The molecule has 214 valence electrons. The number of nitro benzene ring substituents is 1. The fourth-order valence-corrected chi connectivity index (χ4v) is 6.84. The van der Waals surface area contributed by atoms with Crippen molar-refractivity contribution in [3.63, 3.8) is 0 Å². The van der Waals surface area contributed by atoms with Gasteiger partial charge in [0, 0.05) is 61.3 Å². The van der Waals surface area contributed by atoms with Gasteiger partial charge in [-0.25, -0.2) is 22.9 Å². The first-order chi connectivity index (χ1) is 19.2. The quantitative estimate of drug-likeness (QED) is 0.193. The van der Waals surface area contributed by atoms with E-state index in [1.54, 1.807) is 70.2 Å². The smallest absolute Gasteiger partial charge is 0.323 e. The number of aromatic nitrogens is 1. The van der Waals surface area contributed by atoms with Crippen molar-refractivity contribution in [2.75, 3.05) is 19.0 Å². The van der Waals surface area contributed by atoms with Gasteiger partial charge in [-0.15, -0.1) is 11.3 Å². The van der Waals surface area contributed by atoms with E-state index in [1.807, 2.05) is 30.3 Å². The van der Waals surface area contributed by atoms with Gasteiger partial charge in [0.2, 0.25) is 10.0 Å². The lowest BCUT2D eigenvalue weighted by Crippen LogP contribution is -2.41. The maximum atomic E-state index is 13.6. The maximum absolute atomic E-state index is 13.6. The second kappa shape index (κ2) is 11.8. The van der Waals surface area contributed by atoms with E-state index in [4.69, 9.17) is 0 Å². The lowest BCUT2D eigenvalue weighted by atomic mass is 10.1. The van der Waals surface area contributed by atoms with E-state index in [-0.39, 0.29) is 16.6 Å². The van der Waals surface area contributed by atoms with Gasteiger partial charge in [0.25, 0.3) is 5.69 Å².